The number of carbonyl (C=O) groups is 1. The molecule has 2 rings (SSSR count). The maximum absolute atomic E-state index is 12.0. The van der Waals surface area contributed by atoms with Crippen LogP contribution in [-0.4, -0.2) is 29.4 Å². The fourth-order valence-electron chi connectivity index (χ4n) is 1.55. The van der Waals surface area contributed by atoms with E-state index in [4.69, 9.17) is 0 Å². The summed E-state index contributed by atoms with van der Waals surface area (Å²) in [5.41, 5.74) is 0.689. The van der Waals surface area contributed by atoms with E-state index in [9.17, 15) is 4.79 Å². The summed E-state index contributed by atoms with van der Waals surface area (Å²) in [6.07, 6.45) is 4.19. The van der Waals surface area contributed by atoms with Crippen LogP contribution >= 0.6 is 11.3 Å². The number of hydrogen-bond donors (Lipinski definition) is 0. The van der Waals surface area contributed by atoms with E-state index in [1.807, 2.05) is 13.1 Å². The number of amides is 1. The fourth-order valence-corrected chi connectivity index (χ4v) is 2.25. The monoisotopic (exact) mass is 246 g/mol. The van der Waals surface area contributed by atoms with Crippen LogP contribution in [0.25, 0.3) is 0 Å². The second kappa shape index (κ2) is 5.59. The van der Waals surface area contributed by atoms with Gasteiger partial charge in [0.15, 0.2) is 0 Å². The molecule has 1 amide bonds. The van der Waals surface area contributed by atoms with Crippen LogP contribution in [0, 0.1) is 0 Å². The van der Waals surface area contributed by atoms with Crippen molar-refractivity contribution in [1.82, 2.24) is 9.88 Å². The normalized spacial score (nSPS) is 10.2. The van der Waals surface area contributed by atoms with E-state index in [0.717, 1.165) is 13.0 Å². The third kappa shape index (κ3) is 3.14. The molecule has 0 aliphatic heterocycles. The SMILES string of the molecule is CN(CCc1cccs1)C(=O)c1ccncc1. The van der Waals surface area contributed by atoms with E-state index in [1.165, 1.54) is 4.88 Å². The van der Waals surface area contributed by atoms with Crippen molar-refractivity contribution in [3.63, 3.8) is 0 Å². The van der Waals surface area contributed by atoms with Gasteiger partial charge in [-0.05, 0) is 30.0 Å². The van der Waals surface area contributed by atoms with Gasteiger partial charge in [-0.15, -0.1) is 11.3 Å². The van der Waals surface area contributed by atoms with Crippen molar-refractivity contribution in [2.24, 2.45) is 0 Å². The van der Waals surface area contributed by atoms with Crippen molar-refractivity contribution in [3.8, 4) is 0 Å². The summed E-state index contributed by atoms with van der Waals surface area (Å²) in [7, 11) is 1.83. The maximum Gasteiger partial charge on any atom is 0.253 e. The predicted octanol–water partition coefficient (Wildman–Crippen LogP) is 2.46. The van der Waals surface area contributed by atoms with Gasteiger partial charge in [-0.1, -0.05) is 6.07 Å². The van der Waals surface area contributed by atoms with Gasteiger partial charge < -0.3 is 4.90 Å². The van der Waals surface area contributed by atoms with Crippen molar-refractivity contribution in [2.75, 3.05) is 13.6 Å². The van der Waals surface area contributed by atoms with Crippen LogP contribution in [0.15, 0.2) is 42.0 Å². The standard InChI is InChI=1S/C13H14N2OS/c1-15(9-6-12-3-2-10-17-12)13(16)11-4-7-14-8-5-11/h2-5,7-8,10H,6,9H2,1H3. The molecule has 0 aromatic carbocycles. The van der Waals surface area contributed by atoms with Crippen LogP contribution in [0.3, 0.4) is 0 Å². The van der Waals surface area contributed by atoms with E-state index < -0.39 is 0 Å². The number of aromatic nitrogens is 1. The zero-order valence-electron chi connectivity index (χ0n) is 9.67. The molecule has 0 aliphatic rings. The molecular formula is C13H14N2OS. The van der Waals surface area contributed by atoms with Crippen molar-refractivity contribution in [3.05, 3.63) is 52.5 Å². The Hall–Kier alpha value is -1.68. The summed E-state index contributed by atoms with van der Waals surface area (Å²) in [6.45, 7) is 0.738. The lowest BCUT2D eigenvalue weighted by atomic mass is 10.2. The van der Waals surface area contributed by atoms with Gasteiger partial charge in [-0.3, -0.25) is 9.78 Å². The van der Waals surface area contributed by atoms with Crippen molar-refractivity contribution in [2.45, 2.75) is 6.42 Å². The van der Waals surface area contributed by atoms with Gasteiger partial charge in [0.2, 0.25) is 0 Å². The quantitative estimate of drug-likeness (QED) is 0.830. The molecule has 0 N–H and O–H groups in total. The lowest BCUT2D eigenvalue weighted by Gasteiger charge is -2.16. The van der Waals surface area contributed by atoms with Gasteiger partial charge in [0, 0.05) is 36.4 Å². The molecule has 88 valence electrons. The number of thiophene rings is 1. The number of hydrogen-bond acceptors (Lipinski definition) is 3. The van der Waals surface area contributed by atoms with Gasteiger partial charge in [0.1, 0.15) is 0 Å². The first kappa shape index (κ1) is 11.8. The number of nitrogens with zero attached hydrogens (tertiary/aromatic N) is 2. The maximum atomic E-state index is 12.0. The minimum absolute atomic E-state index is 0.0453. The number of rotatable bonds is 4. The summed E-state index contributed by atoms with van der Waals surface area (Å²) in [6, 6.07) is 7.61. The van der Waals surface area contributed by atoms with Crippen LogP contribution in [0.2, 0.25) is 0 Å². The molecule has 3 nitrogen and oxygen atoms in total. The molecule has 0 saturated heterocycles. The van der Waals surface area contributed by atoms with Crippen LogP contribution in [-0.2, 0) is 6.42 Å². The van der Waals surface area contributed by atoms with E-state index in [2.05, 4.69) is 16.4 Å². The van der Waals surface area contributed by atoms with E-state index >= 15 is 0 Å². The summed E-state index contributed by atoms with van der Waals surface area (Å²) in [4.78, 5) is 19.0. The van der Waals surface area contributed by atoms with E-state index in [1.54, 1.807) is 40.8 Å². The Morgan fingerprint density at radius 3 is 2.76 bits per heavy atom. The number of carbonyl (C=O) groups excluding carboxylic acids is 1. The van der Waals surface area contributed by atoms with Crippen molar-refractivity contribution < 1.29 is 4.79 Å². The predicted molar refractivity (Wildman–Crippen MR) is 69.2 cm³/mol. The first-order valence-corrected chi connectivity index (χ1v) is 6.33. The highest BCUT2D eigenvalue weighted by atomic mass is 32.1. The van der Waals surface area contributed by atoms with Gasteiger partial charge >= 0.3 is 0 Å². The molecule has 0 saturated carbocycles. The third-order valence-electron chi connectivity index (χ3n) is 2.55. The second-order valence-corrected chi connectivity index (χ2v) is 4.82. The largest absolute Gasteiger partial charge is 0.341 e. The minimum Gasteiger partial charge on any atom is -0.341 e. The van der Waals surface area contributed by atoms with E-state index in [0.29, 0.717) is 5.56 Å². The molecule has 4 heteroatoms. The average molecular weight is 246 g/mol. The van der Waals surface area contributed by atoms with Gasteiger partial charge in [-0.25, -0.2) is 0 Å². The summed E-state index contributed by atoms with van der Waals surface area (Å²) in [5.74, 6) is 0.0453. The third-order valence-corrected chi connectivity index (χ3v) is 3.48. The molecule has 0 fully saturated rings. The zero-order valence-corrected chi connectivity index (χ0v) is 10.5. The molecule has 0 radical (unpaired) electrons. The molecule has 0 spiro atoms. The molecule has 2 aromatic heterocycles. The van der Waals surface area contributed by atoms with Crippen LogP contribution in [0.5, 0.6) is 0 Å². The molecule has 17 heavy (non-hydrogen) atoms. The molecule has 0 bridgehead atoms. The number of pyridine rings is 1. The zero-order chi connectivity index (χ0) is 12.1. The first-order chi connectivity index (χ1) is 8.27. The highest BCUT2D eigenvalue weighted by Gasteiger charge is 2.10. The smallest absolute Gasteiger partial charge is 0.253 e. The Morgan fingerprint density at radius 2 is 2.12 bits per heavy atom. The van der Waals surface area contributed by atoms with Gasteiger partial charge in [0.25, 0.3) is 5.91 Å². The molecular weight excluding hydrogens is 232 g/mol. The average Bonchev–Trinajstić information content (AvgIpc) is 2.89. The van der Waals surface area contributed by atoms with Crippen molar-refractivity contribution >= 4 is 17.2 Å². The summed E-state index contributed by atoms with van der Waals surface area (Å²) >= 11 is 1.72. The van der Waals surface area contributed by atoms with Crippen LogP contribution in [0.1, 0.15) is 15.2 Å². The van der Waals surface area contributed by atoms with Gasteiger partial charge in [-0.2, -0.15) is 0 Å². The lowest BCUT2D eigenvalue weighted by molar-refractivity contribution is 0.0797. The number of likely N-dealkylation sites (N-methyl/N-ethyl adjacent to an activating group) is 1. The summed E-state index contributed by atoms with van der Waals surface area (Å²) < 4.78 is 0. The molecule has 2 aromatic rings. The van der Waals surface area contributed by atoms with Crippen molar-refractivity contribution in [1.29, 1.82) is 0 Å². The van der Waals surface area contributed by atoms with Crippen LogP contribution in [0.4, 0.5) is 0 Å². The summed E-state index contributed by atoms with van der Waals surface area (Å²) in [5, 5.41) is 2.06. The van der Waals surface area contributed by atoms with E-state index in [-0.39, 0.29) is 5.91 Å². The Labute approximate surface area is 105 Å². The first-order valence-electron chi connectivity index (χ1n) is 5.45. The fraction of sp³-hybridized carbons (Fsp3) is 0.231. The Kier molecular flexibility index (Phi) is 3.88. The topological polar surface area (TPSA) is 33.2 Å². The highest BCUT2D eigenvalue weighted by molar-refractivity contribution is 7.09. The Balaban J connectivity index is 1.92. The van der Waals surface area contributed by atoms with Crippen LogP contribution < -0.4 is 0 Å². The molecule has 2 heterocycles. The Bertz CT molecular complexity index is 467. The van der Waals surface area contributed by atoms with Gasteiger partial charge in [0.05, 0.1) is 0 Å². The molecule has 0 unspecified atom stereocenters. The highest BCUT2D eigenvalue weighted by Crippen LogP contribution is 2.10. The second-order valence-electron chi connectivity index (χ2n) is 3.79. The Morgan fingerprint density at radius 1 is 1.35 bits per heavy atom. The minimum atomic E-state index is 0.0453. The molecule has 0 atom stereocenters. The molecule has 0 aliphatic carbocycles. The lowest BCUT2D eigenvalue weighted by Crippen LogP contribution is -2.28.